The molecule has 1 rings (SSSR count). The quantitative estimate of drug-likeness (QED) is 0.367. The standard InChI is InChI=1S/C13H27.C9H12N3O2.Sn/c1-4-7-10-13(11-8-5-2)12-9-6-3;1-9(2,3)14-8(13)12-7-4-10-6-11-5-7;/h4-12H2,1-3H3;4-5H,1-3H3,(H,12,13);. The van der Waals surface area contributed by atoms with E-state index in [1.54, 1.807) is 12.4 Å². The van der Waals surface area contributed by atoms with E-state index in [-0.39, 0.29) is 0 Å². The van der Waals surface area contributed by atoms with Gasteiger partial charge in [0.25, 0.3) is 0 Å². The molecule has 6 heteroatoms. The third kappa shape index (κ3) is 10.1. The Morgan fingerprint density at radius 2 is 1.43 bits per heavy atom. The van der Waals surface area contributed by atoms with Crippen molar-refractivity contribution < 1.29 is 9.53 Å². The number of carbonyl (C=O) groups excluding carboxylic acids is 1. The van der Waals surface area contributed by atoms with Crippen molar-refractivity contribution in [2.75, 3.05) is 5.32 Å². The van der Waals surface area contributed by atoms with Gasteiger partial charge in [0.05, 0.1) is 0 Å². The van der Waals surface area contributed by atoms with Gasteiger partial charge in [-0.1, -0.05) is 0 Å². The van der Waals surface area contributed by atoms with Gasteiger partial charge < -0.3 is 0 Å². The monoisotopic (exact) mass is 497 g/mol. The number of hydrogen-bond donors (Lipinski definition) is 1. The second-order valence-corrected chi connectivity index (χ2v) is 13.7. The van der Waals surface area contributed by atoms with Crippen molar-refractivity contribution in [1.82, 2.24) is 9.97 Å². The Morgan fingerprint density at radius 1 is 0.964 bits per heavy atom. The second kappa shape index (κ2) is 12.7. The third-order valence-electron chi connectivity index (χ3n) is 4.70. The maximum atomic E-state index is 11.9. The Kier molecular flexibility index (Phi) is 11.4. The van der Waals surface area contributed by atoms with Gasteiger partial charge in [-0.3, -0.25) is 0 Å². The van der Waals surface area contributed by atoms with E-state index in [1.165, 1.54) is 57.8 Å². The zero-order valence-corrected chi connectivity index (χ0v) is 21.6. The number of rotatable bonds is 12. The second-order valence-electron chi connectivity index (χ2n) is 8.64. The molecule has 5 nitrogen and oxygen atoms in total. The SMILES string of the molecule is CCCC[C](CCCC)(CCCC)[Sn][c]1ncc(NC(=O)OC(C)(C)C)cn1. The minimum atomic E-state index is -0.942. The zero-order chi connectivity index (χ0) is 21.0. The third-order valence-corrected chi connectivity index (χ3v) is 9.73. The fraction of sp³-hybridized carbons (Fsp3) is 0.773. The molecule has 0 aliphatic rings. The van der Waals surface area contributed by atoms with Crippen molar-refractivity contribution in [2.45, 2.75) is 108 Å². The molecule has 1 N–H and O–H groups in total. The molecule has 0 aromatic carbocycles. The van der Waals surface area contributed by atoms with Crippen LogP contribution >= 0.6 is 0 Å². The summed E-state index contributed by atoms with van der Waals surface area (Å²) in [6.45, 7) is 12.4. The van der Waals surface area contributed by atoms with E-state index in [1.807, 2.05) is 20.8 Å². The number of anilines is 1. The molecule has 0 fully saturated rings. The first-order valence-electron chi connectivity index (χ1n) is 10.8. The molecule has 0 saturated carbocycles. The maximum absolute atomic E-state index is 11.9. The molecule has 0 bridgehead atoms. The van der Waals surface area contributed by atoms with E-state index in [0.29, 0.717) is 9.12 Å². The molecular formula is C22H39N3O2Sn. The summed E-state index contributed by atoms with van der Waals surface area (Å²) in [5.74, 6) is 0. The zero-order valence-electron chi connectivity index (χ0n) is 18.7. The molecular weight excluding hydrogens is 457 g/mol. The molecule has 1 heterocycles. The number of aromatic nitrogens is 2. The Morgan fingerprint density at radius 3 is 1.82 bits per heavy atom. The number of amides is 1. The van der Waals surface area contributed by atoms with E-state index < -0.39 is 32.8 Å². The summed E-state index contributed by atoms with van der Waals surface area (Å²) in [6.07, 6.45) is 14.6. The fourth-order valence-corrected chi connectivity index (χ4v) is 7.90. The average Bonchev–Trinajstić information content (AvgIpc) is 2.63. The molecule has 158 valence electrons. The molecule has 28 heavy (non-hydrogen) atoms. The summed E-state index contributed by atoms with van der Waals surface area (Å²) in [4.78, 5) is 21.2. The normalized spacial score (nSPS) is 12.1. The minimum absolute atomic E-state index is 0.464. The molecule has 0 saturated heterocycles. The van der Waals surface area contributed by atoms with E-state index in [9.17, 15) is 4.79 Å². The number of hydrogen-bond acceptors (Lipinski definition) is 4. The molecule has 2 radical (unpaired) electrons. The van der Waals surface area contributed by atoms with E-state index in [0.717, 1.165) is 3.84 Å². The first-order chi connectivity index (χ1) is 13.2. The van der Waals surface area contributed by atoms with Gasteiger partial charge >= 0.3 is 182 Å². The van der Waals surface area contributed by atoms with Crippen LogP contribution in [0.25, 0.3) is 0 Å². The Labute approximate surface area is 182 Å². The van der Waals surface area contributed by atoms with Crippen LogP contribution in [0.3, 0.4) is 0 Å². The van der Waals surface area contributed by atoms with E-state index >= 15 is 0 Å². The van der Waals surface area contributed by atoms with Crippen LogP contribution in [0, 0.1) is 0 Å². The Balaban J connectivity index is 2.85. The fourth-order valence-electron chi connectivity index (χ4n) is 3.22. The summed E-state index contributed by atoms with van der Waals surface area (Å²) < 4.78 is 6.80. The van der Waals surface area contributed by atoms with Gasteiger partial charge in [0.15, 0.2) is 0 Å². The van der Waals surface area contributed by atoms with Gasteiger partial charge in [-0.25, -0.2) is 0 Å². The summed E-state index contributed by atoms with van der Waals surface area (Å²) in [5, 5.41) is 2.72. The molecule has 0 aliphatic heterocycles. The van der Waals surface area contributed by atoms with Crippen LogP contribution in [0.2, 0.25) is 3.43 Å². The van der Waals surface area contributed by atoms with Crippen LogP contribution in [-0.4, -0.2) is 42.8 Å². The van der Waals surface area contributed by atoms with Crippen molar-refractivity contribution in [3.63, 3.8) is 0 Å². The van der Waals surface area contributed by atoms with Gasteiger partial charge in [-0.15, -0.1) is 0 Å². The molecule has 0 atom stereocenters. The predicted octanol–water partition coefficient (Wildman–Crippen LogP) is 5.88. The average molecular weight is 496 g/mol. The molecule has 1 aromatic heterocycles. The number of carbonyl (C=O) groups is 1. The first kappa shape index (κ1) is 25.2. The van der Waals surface area contributed by atoms with Gasteiger partial charge in [0, 0.05) is 0 Å². The van der Waals surface area contributed by atoms with Gasteiger partial charge in [0.2, 0.25) is 0 Å². The number of unbranched alkanes of at least 4 members (excludes halogenated alkanes) is 3. The summed E-state index contributed by atoms with van der Waals surface area (Å²) in [5.41, 5.74) is 0.0789. The topological polar surface area (TPSA) is 64.1 Å². The molecule has 1 amide bonds. The first-order valence-corrected chi connectivity index (χ1v) is 13.7. The van der Waals surface area contributed by atoms with Crippen LogP contribution in [0.5, 0.6) is 0 Å². The summed E-state index contributed by atoms with van der Waals surface area (Å²) >= 11 is -0.942. The molecule has 1 aromatic rings. The number of ether oxygens (including phenoxy) is 1. The van der Waals surface area contributed by atoms with Crippen molar-refractivity contribution in [3.05, 3.63) is 12.4 Å². The van der Waals surface area contributed by atoms with Crippen LogP contribution in [0.15, 0.2) is 12.4 Å². The summed E-state index contributed by atoms with van der Waals surface area (Å²) in [7, 11) is 0. The van der Waals surface area contributed by atoms with Gasteiger partial charge in [-0.2, -0.15) is 0 Å². The molecule has 0 unspecified atom stereocenters. The van der Waals surface area contributed by atoms with Crippen LogP contribution in [0.1, 0.15) is 99.3 Å². The summed E-state index contributed by atoms with van der Waals surface area (Å²) in [6, 6.07) is 0. The van der Waals surface area contributed by atoms with Gasteiger partial charge in [0.1, 0.15) is 0 Å². The van der Waals surface area contributed by atoms with E-state index in [2.05, 4.69) is 36.1 Å². The number of nitrogens with zero attached hydrogens (tertiary/aromatic N) is 2. The Bertz CT molecular complexity index is 548. The van der Waals surface area contributed by atoms with Gasteiger partial charge in [-0.05, 0) is 0 Å². The van der Waals surface area contributed by atoms with E-state index in [4.69, 9.17) is 4.74 Å². The van der Waals surface area contributed by atoms with Crippen LogP contribution in [-0.2, 0) is 4.74 Å². The van der Waals surface area contributed by atoms with Crippen molar-refractivity contribution in [1.29, 1.82) is 0 Å². The van der Waals surface area contributed by atoms with Crippen LogP contribution < -0.4 is 9.16 Å². The van der Waals surface area contributed by atoms with Crippen molar-refractivity contribution in [2.24, 2.45) is 0 Å². The number of nitrogens with one attached hydrogen (secondary N) is 1. The molecule has 0 aliphatic carbocycles. The van der Waals surface area contributed by atoms with Crippen molar-refractivity contribution >= 4 is 36.8 Å². The Hall–Kier alpha value is -0.851. The van der Waals surface area contributed by atoms with Crippen LogP contribution in [0.4, 0.5) is 10.5 Å². The van der Waals surface area contributed by atoms with Crippen molar-refractivity contribution in [3.8, 4) is 0 Å². The predicted molar refractivity (Wildman–Crippen MR) is 119 cm³/mol. The molecule has 0 spiro atoms.